The lowest BCUT2D eigenvalue weighted by Crippen LogP contribution is -2.00. The van der Waals surface area contributed by atoms with Crippen molar-refractivity contribution in [3.8, 4) is 44.9 Å². The fraction of sp³-hybridized carbons (Fsp3) is 0.105. The molecule has 300 valence electrons. The number of aryl methyl sites for hydroxylation is 6. The molecule has 0 saturated carbocycles. The second kappa shape index (κ2) is 17.6. The smallest absolute Gasteiger partial charge is 0.144 e. The van der Waals surface area contributed by atoms with Crippen molar-refractivity contribution in [3.63, 3.8) is 0 Å². The van der Waals surface area contributed by atoms with Gasteiger partial charge in [0.2, 0.25) is 0 Å². The van der Waals surface area contributed by atoms with Gasteiger partial charge in [-0.25, -0.2) is 4.39 Å². The lowest BCUT2D eigenvalue weighted by Gasteiger charge is -2.12. The van der Waals surface area contributed by atoms with E-state index in [9.17, 15) is 16.4 Å². The van der Waals surface area contributed by atoms with Crippen LogP contribution in [0.1, 0.15) is 51.2 Å². The highest BCUT2D eigenvalue weighted by molar-refractivity contribution is 6.10. The zero-order valence-electron chi connectivity index (χ0n) is 46.0. The van der Waals surface area contributed by atoms with Gasteiger partial charge in [0.15, 0.2) is 0 Å². The summed E-state index contributed by atoms with van der Waals surface area (Å²) < 4.78 is 143. The van der Waals surface area contributed by atoms with Crippen LogP contribution in [0.2, 0.25) is 0 Å². The lowest BCUT2D eigenvalue weighted by molar-refractivity contribution is 0.621. The molecule has 6 aromatic carbocycles. The van der Waals surface area contributed by atoms with Gasteiger partial charge in [-0.05, 0) is 108 Å². The van der Waals surface area contributed by atoms with Crippen molar-refractivity contribution < 1.29 is 26.6 Å². The summed E-state index contributed by atoms with van der Waals surface area (Å²) in [5.74, 6) is -0.757. The van der Waals surface area contributed by atoms with Crippen molar-refractivity contribution in [2.24, 2.45) is 0 Å². The monoisotopic (exact) mass is 818 g/mol. The molecule has 0 aliphatic heterocycles. The first-order valence-corrected chi connectivity index (χ1v) is 19.9. The summed E-state index contributed by atoms with van der Waals surface area (Å²) in [6.45, 7) is 0. The number of hydrogen-bond donors (Lipinski definition) is 0. The third-order valence-corrected chi connectivity index (χ3v) is 10.3. The van der Waals surface area contributed by atoms with Gasteiger partial charge in [0.1, 0.15) is 17.0 Å². The van der Waals surface area contributed by atoms with Crippen LogP contribution in [0.5, 0.6) is 0 Å². The van der Waals surface area contributed by atoms with Gasteiger partial charge < -0.3 is 4.42 Å². The summed E-state index contributed by atoms with van der Waals surface area (Å²) in [6.07, 6.45) is -14.7. The Hall–Kier alpha value is -7.50. The van der Waals surface area contributed by atoms with Gasteiger partial charge in [0.05, 0.1) is 18.5 Å². The molecule has 0 atom stereocenters. The number of fused-ring (bicyclic) bond motifs is 3. The number of rotatable bonds is 13. The fourth-order valence-electron chi connectivity index (χ4n) is 7.18. The maximum atomic E-state index is 15.7. The van der Waals surface area contributed by atoms with Gasteiger partial charge in [0, 0.05) is 74.1 Å². The first-order valence-electron chi connectivity index (χ1n) is 26.4. The maximum absolute atomic E-state index is 15.7. The molecular formula is C57H44FN3O. The van der Waals surface area contributed by atoms with Crippen molar-refractivity contribution in [2.75, 3.05) is 0 Å². The number of aromatic nitrogens is 3. The molecule has 5 heteroatoms. The zero-order valence-corrected chi connectivity index (χ0v) is 33.0. The fourth-order valence-corrected chi connectivity index (χ4v) is 7.18. The van der Waals surface area contributed by atoms with Crippen LogP contribution in [0.4, 0.5) is 4.39 Å². The first-order chi connectivity index (χ1) is 35.6. The van der Waals surface area contributed by atoms with E-state index in [1.54, 1.807) is 54.6 Å². The minimum Gasteiger partial charge on any atom is -0.455 e. The van der Waals surface area contributed by atoms with Crippen molar-refractivity contribution >= 4 is 21.9 Å². The average molecular weight is 819 g/mol. The SMILES string of the molecule is [2H]c1c(F)c(-c2ccccc2)cc2c1oc1c(-c3ccc(C([2H])([2H])C([2H])([2H])c4cc(C([2H])([2H])C([2H])([2H])c5ccc(-c6ccccc6)nc5)cc(C([2H])([2H])C([2H])([2H])c5ccc(-c6ccccc6)nc5)c4)cn3)cccc12. The van der Waals surface area contributed by atoms with Crippen LogP contribution in [-0.4, -0.2) is 15.0 Å². The van der Waals surface area contributed by atoms with Gasteiger partial charge in [0.25, 0.3) is 0 Å². The quantitative estimate of drug-likeness (QED) is 0.116. The zero-order chi connectivity index (χ0) is 53.3. The van der Waals surface area contributed by atoms with Crippen LogP contribution in [0.3, 0.4) is 0 Å². The van der Waals surface area contributed by atoms with Gasteiger partial charge >= 0.3 is 0 Å². The summed E-state index contributed by atoms with van der Waals surface area (Å²) in [5, 5.41) is 1.06. The summed E-state index contributed by atoms with van der Waals surface area (Å²) in [4.78, 5) is 13.3. The summed E-state index contributed by atoms with van der Waals surface area (Å²) >= 11 is 0. The Balaban J connectivity index is 1.05. The van der Waals surface area contributed by atoms with Crippen molar-refractivity contribution in [1.82, 2.24) is 15.0 Å². The number of pyridine rings is 3. The lowest BCUT2D eigenvalue weighted by atomic mass is 9.94. The molecule has 10 rings (SSSR count). The predicted molar refractivity (Wildman–Crippen MR) is 250 cm³/mol. The Morgan fingerprint density at radius 1 is 0.419 bits per heavy atom. The molecule has 0 spiro atoms. The van der Waals surface area contributed by atoms with Crippen LogP contribution in [0.15, 0.2) is 199 Å². The summed E-state index contributed by atoms with van der Waals surface area (Å²) in [7, 11) is 0. The third kappa shape index (κ3) is 8.57. The number of furan rings is 1. The number of para-hydroxylation sites is 1. The first kappa shape index (κ1) is 26.7. The second-order valence-electron chi connectivity index (χ2n) is 14.5. The van der Waals surface area contributed by atoms with E-state index in [2.05, 4.69) is 15.0 Å². The van der Waals surface area contributed by atoms with Crippen molar-refractivity contribution in [1.29, 1.82) is 0 Å². The maximum Gasteiger partial charge on any atom is 0.144 e. The molecule has 0 fully saturated rings. The number of benzene rings is 6. The van der Waals surface area contributed by atoms with E-state index in [4.69, 9.17) is 5.79 Å². The van der Waals surface area contributed by atoms with Crippen LogP contribution in [0.25, 0.3) is 66.8 Å². The number of hydrogen-bond acceptors (Lipinski definition) is 4. The summed E-state index contributed by atoms with van der Waals surface area (Å²) in [6, 6.07) is 44.7. The van der Waals surface area contributed by atoms with Crippen molar-refractivity contribution in [2.45, 2.75) is 38.2 Å². The molecular weight excluding hydrogens is 762 g/mol. The van der Waals surface area contributed by atoms with Crippen LogP contribution in [0, 0.1) is 5.82 Å². The number of halogens is 1. The molecule has 4 heterocycles. The van der Waals surface area contributed by atoms with E-state index < -0.39 is 66.8 Å². The molecule has 10 aromatic rings. The molecule has 0 N–H and O–H groups in total. The Bertz CT molecular complexity index is 3600. The van der Waals surface area contributed by atoms with Gasteiger partial charge in [-0.15, -0.1) is 0 Å². The minimum absolute atomic E-state index is 0.0162. The van der Waals surface area contributed by atoms with E-state index in [-0.39, 0.29) is 39.1 Å². The Labute approximate surface area is 379 Å². The van der Waals surface area contributed by atoms with E-state index in [1.807, 2.05) is 60.7 Å². The minimum atomic E-state index is -3.16. The van der Waals surface area contributed by atoms with Gasteiger partial charge in [-0.3, -0.25) is 15.0 Å². The molecule has 0 amide bonds. The van der Waals surface area contributed by atoms with Crippen molar-refractivity contribution in [3.05, 3.63) is 234 Å². The molecule has 0 aliphatic rings. The standard InChI is InChI=1S/C57H44FN3O/c58-52-35-56-51(34-50(52)45-11-4-1-5-12-45)48-17-10-18-49(57(48)62-56)55-30-27-41(38-61-55)21-24-44-32-42(22-19-39-25-28-53(59-36-39)46-13-6-2-7-14-46)31-43(33-44)23-20-40-26-29-54(60-37-40)47-15-8-3-9-16-47/h1-18,25-38H,19-24H2/i19D2,20D2,21D2,22D2,23D2,24D2,35D. The predicted octanol–water partition coefficient (Wildman–Crippen LogP) is 13.9. The molecule has 0 unspecified atom stereocenters. The normalized spacial score (nSPS) is 15.9. The molecule has 62 heavy (non-hydrogen) atoms. The van der Waals surface area contributed by atoms with E-state index in [1.165, 1.54) is 48.8 Å². The highest BCUT2D eigenvalue weighted by Crippen LogP contribution is 2.38. The molecule has 0 radical (unpaired) electrons. The van der Waals surface area contributed by atoms with Crippen LogP contribution in [-0.2, 0) is 38.2 Å². The largest absolute Gasteiger partial charge is 0.455 e. The van der Waals surface area contributed by atoms with Crippen LogP contribution >= 0.6 is 0 Å². The highest BCUT2D eigenvalue weighted by Gasteiger charge is 2.17. The number of nitrogens with zero attached hydrogens (tertiary/aromatic N) is 3. The molecule has 0 bridgehead atoms. The second-order valence-corrected chi connectivity index (χ2v) is 14.5. The van der Waals surface area contributed by atoms with Gasteiger partial charge in [-0.2, -0.15) is 0 Å². The van der Waals surface area contributed by atoms with Gasteiger partial charge in [-0.1, -0.05) is 140 Å². The molecule has 4 aromatic heterocycles. The molecule has 4 nitrogen and oxygen atoms in total. The highest BCUT2D eigenvalue weighted by atomic mass is 19.1. The van der Waals surface area contributed by atoms with E-state index >= 15 is 4.39 Å². The Kier molecular flexibility index (Phi) is 7.57. The molecule has 0 saturated heterocycles. The average Bonchev–Trinajstić information content (AvgIpc) is 3.82. The third-order valence-electron chi connectivity index (χ3n) is 10.3. The topological polar surface area (TPSA) is 51.8 Å². The Morgan fingerprint density at radius 3 is 1.34 bits per heavy atom. The molecule has 0 aliphatic carbocycles. The van der Waals surface area contributed by atoms with E-state index in [0.29, 0.717) is 33.3 Å². The Morgan fingerprint density at radius 2 is 0.871 bits per heavy atom. The summed E-state index contributed by atoms with van der Waals surface area (Å²) in [5.41, 5.74) is 1.74. The van der Waals surface area contributed by atoms with Crippen LogP contribution < -0.4 is 0 Å². The van der Waals surface area contributed by atoms with E-state index in [0.717, 1.165) is 35.5 Å².